The smallest absolute Gasteiger partial charge is 0.352 e. The molecule has 10 heteroatoms. The Morgan fingerprint density at radius 3 is 1.89 bits per heavy atom. The number of benzene rings is 2. The van der Waals surface area contributed by atoms with Gasteiger partial charge in [-0.2, -0.15) is 26.3 Å². The van der Waals surface area contributed by atoms with E-state index < -0.39 is 40.9 Å². The summed E-state index contributed by atoms with van der Waals surface area (Å²) in [6, 6.07) is 6.04. The van der Waals surface area contributed by atoms with Crippen LogP contribution < -0.4 is 10.6 Å². The quantitative estimate of drug-likeness (QED) is 0.725. The van der Waals surface area contributed by atoms with Gasteiger partial charge in [0, 0.05) is 23.4 Å². The molecule has 0 saturated carbocycles. The summed E-state index contributed by atoms with van der Waals surface area (Å²) in [5, 5.41) is 4.72. The van der Waals surface area contributed by atoms with Gasteiger partial charge >= 0.3 is 12.4 Å². The first-order valence-corrected chi connectivity index (χ1v) is 7.91. The molecule has 0 aromatic heterocycles. The van der Waals surface area contributed by atoms with Gasteiger partial charge in [-0.05, 0) is 43.3 Å². The van der Waals surface area contributed by atoms with Crippen molar-refractivity contribution in [3.05, 3.63) is 64.7 Å². The highest BCUT2D eigenvalue weighted by atomic mass is 19.4. The Bertz CT molecular complexity index is 858. The first-order valence-electron chi connectivity index (χ1n) is 7.91. The minimum absolute atomic E-state index is 0.0414. The summed E-state index contributed by atoms with van der Waals surface area (Å²) < 4.78 is 77.4. The fourth-order valence-corrected chi connectivity index (χ4v) is 2.29. The van der Waals surface area contributed by atoms with Crippen molar-refractivity contribution in [2.75, 3.05) is 11.9 Å². The van der Waals surface area contributed by atoms with Gasteiger partial charge in [-0.15, -0.1) is 0 Å². The maximum absolute atomic E-state index is 12.9. The number of anilines is 1. The highest BCUT2D eigenvalue weighted by molar-refractivity contribution is 6.05. The molecule has 0 aliphatic rings. The van der Waals surface area contributed by atoms with E-state index in [0.29, 0.717) is 18.7 Å². The predicted octanol–water partition coefficient (Wildman–Crippen LogP) is 4.73. The molecule has 0 aliphatic heterocycles. The summed E-state index contributed by atoms with van der Waals surface area (Å²) >= 11 is 0. The number of alkyl halides is 6. The molecule has 0 bridgehead atoms. The van der Waals surface area contributed by atoms with Crippen molar-refractivity contribution in [1.82, 2.24) is 5.32 Å². The molecule has 28 heavy (non-hydrogen) atoms. The van der Waals surface area contributed by atoms with Crippen LogP contribution in [0.3, 0.4) is 0 Å². The molecular weight excluding hydrogens is 390 g/mol. The topological polar surface area (TPSA) is 58.2 Å². The van der Waals surface area contributed by atoms with Crippen molar-refractivity contribution in [3.8, 4) is 0 Å². The monoisotopic (exact) mass is 404 g/mol. The molecule has 2 rings (SSSR count). The zero-order valence-electron chi connectivity index (χ0n) is 14.3. The van der Waals surface area contributed by atoms with Crippen LogP contribution in [-0.2, 0) is 12.4 Å². The lowest BCUT2D eigenvalue weighted by Crippen LogP contribution is -2.23. The lowest BCUT2D eigenvalue weighted by atomic mass is 10.0. The van der Waals surface area contributed by atoms with Crippen molar-refractivity contribution in [3.63, 3.8) is 0 Å². The second-order valence-corrected chi connectivity index (χ2v) is 5.69. The highest BCUT2D eigenvalue weighted by Gasteiger charge is 2.37. The van der Waals surface area contributed by atoms with Crippen LogP contribution in [-0.4, -0.2) is 18.4 Å². The number of carbonyl (C=O) groups excluding carboxylic acids is 2. The SMILES string of the molecule is CCNC(=O)c1cccc(NC(=O)c2cc(C(F)(F)F)cc(C(F)(F)F)c2)c1. The molecule has 2 aromatic carbocycles. The molecule has 150 valence electrons. The fourth-order valence-electron chi connectivity index (χ4n) is 2.29. The summed E-state index contributed by atoms with van der Waals surface area (Å²) in [5.74, 6) is -1.62. The average molecular weight is 404 g/mol. The van der Waals surface area contributed by atoms with E-state index in [1.165, 1.54) is 24.3 Å². The van der Waals surface area contributed by atoms with Crippen LogP contribution >= 0.6 is 0 Å². The summed E-state index contributed by atoms with van der Waals surface area (Å²) in [4.78, 5) is 24.0. The van der Waals surface area contributed by atoms with E-state index in [4.69, 9.17) is 0 Å². The molecule has 0 saturated heterocycles. The van der Waals surface area contributed by atoms with Crippen LogP contribution in [0.1, 0.15) is 38.8 Å². The first kappa shape index (κ1) is 21.3. The third kappa shape index (κ3) is 5.24. The Morgan fingerprint density at radius 1 is 0.821 bits per heavy atom. The minimum atomic E-state index is -5.06. The van der Waals surface area contributed by atoms with Gasteiger partial charge in [0.2, 0.25) is 0 Å². The Hall–Kier alpha value is -3.04. The van der Waals surface area contributed by atoms with Gasteiger partial charge in [-0.3, -0.25) is 9.59 Å². The molecule has 0 heterocycles. The highest BCUT2D eigenvalue weighted by Crippen LogP contribution is 2.36. The third-order valence-corrected chi connectivity index (χ3v) is 3.57. The van der Waals surface area contributed by atoms with Gasteiger partial charge in [0.05, 0.1) is 11.1 Å². The van der Waals surface area contributed by atoms with Crippen molar-refractivity contribution < 1.29 is 35.9 Å². The molecule has 0 radical (unpaired) electrons. The number of nitrogens with one attached hydrogen (secondary N) is 2. The number of hydrogen-bond acceptors (Lipinski definition) is 2. The summed E-state index contributed by atoms with van der Waals surface area (Å²) in [7, 11) is 0. The number of amides is 2. The van der Waals surface area contributed by atoms with Gasteiger partial charge in [0.1, 0.15) is 0 Å². The van der Waals surface area contributed by atoms with E-state index in [1.54, 1.807) is 6.92 Å². The van der Waals surface area contributed by atoms with Crippen molar-refractivity contribution in [2.45, 2.75) is 19.3 Å². The second kappa shape index (κ2) is 7.91. The molecule has 0 fully saturated rings. The molecule has 0 spiro atoms. The lowest BCUT2D eigenvalue weighted by molar-refractivity contribution is -0.143. The van der Waals surface area contributed by atoms with Gasteiger partial charge < -0.3 is 10.6 Å². The number of hydrogen-bond donors (Lipinski definition) is 2. The van der Waals surface area contributed by atoms with Crippen LogP contribution in [0.2, 0.25) is 0 Å². The summed E-state index contributed by atoms with van der Waals surface area (Å²) in [5.41, 5.74) is -3.79. The Morgan fingerprint density at radius 2 is 1.39 bits per heavy atom. The summed E-state index contributed by atoms with van der Waals surface area (Å²) in [6.07, 6.45) is -10.1. The average Bonchev–Trinajstić information content (AvgIpc) is 2.60. The molecule has 2 amide bonds. The van der Waals surface area contributed by atoms with Crippen molar-refractivity contribution >= 4 is 17.5 Å². The molecule has 2 N–H and O–H groups in total. The normalized spacial score (nSPS) is 11.8. The second-order valence-electron chi connectivity index (χ2n) is 5.69. The van der Waals surface area contributed by atoms with Crippen LogP contribution in [0.5, 0.6) is 0 Å². The maximum atomic E-state index is 12.9. The van der Waals surface area contributed by atoms with Crippen LogP contribution in [0, 0.1) is 0 Å². The Kier molecular flexibility index (Phi) is 6.01. The predicted molar refractivity (Wildman–Crippen MR) is 88.8 cm³/mol. The lowest BCUT2D eigenvalue weighted by Gasteiger charge is -2.14. The standard InChI is InChI=1S/C18H14F6N2O2/c1-2-25-15(27)10-4-3-5-14(8-10)26-16(28)11-6-12(17(19,20)21)9-13(7-11)18(22,23)24/h3-9H,2H2,1H3,(H,25,27)(H,26,28). The number of carbonyl (C=O) groups is 2. The van der Waals surface area contributed by atoms with Gasteiger partial charge in [0.25, 0.3) is 11.8 Å². The zero-order chi connectivity index (χ0) is 21.1. The van der Waals surface area contributed by atoms with Gasteiger partial charge in [0.15, 0.2) is 0 Å². The van der Waals surface area contributed by atoms with Crippen LogP contribution in [0.15, 0.2) is 42.5 Å². The van der Waals surface area contributed by atoms with Crippen LogP contribution in [0.4, 0.5) is 32.0 Å². The Labute approximate surface area is 155 Å². The summed E-state index contributed by atoms with van der Waals surface area (Å²) in [6.45, 7) is 2.04. The number of halogens is 6. The molecule has 4 nitrogen and oxygen atoms in total. The molecule has 0 aliphatic carbocycles. The van der Waals surface area contributed by atoms with E-state index in [9.17, 15) is 35.9 Å². The van der Waals surface area contributed by atoms with E-state index in [2.05, 4.69) is 10.6 Å². The molecule has 0 atom stereocenters. The maximum Gasteiger partial charge on any atom is 0.416 e. The molecular formula is C18H14F6N2O2. The van der Waals surface area contributed by atoms with Gasteiger partial charge in [-0.1, -0.05) is 6.07 Å². The number of rotatable bonds is 4. The fraction of sp³-hybridized carbons (Fsp3) is 0.222. The van der Waals surface area contributed by atoms with Crippen molar-refractivity contribution in [1.29, 1.82) is 0 Å². The zero-order valence-corrected chi connectivity index (χ0v) is 14.3. The molecule has 0 unspecified atom stereocenters. The first-order chi connectivity index (χ1) is 12.9. The minimum Gasteiger partial charge on any atom is -0.352 e. The largest absolute Gasteiger partial charge is 0.416 e. The van der Waals surface area contributed by atoms with Gasteiger partial charge in [-0.25, -0.2) is 0 Å². The van der Waals surface area contributed by atoms with E-state index in [1.807, 2.05) is 0 Å². The van der Waals surface area contributed by atoms with E-state index in [-0.39, 0.29) is 17.3 Å². The third-order valence-electron chi connectivity index (χ3n) is 3.57. The molecule has 2 aromatic rings. The van der Waals surface area contributed by atoms with E-state index in [0.717, 1.165) is 0 Å². The van der Waals surface area contributed by atoms with E-state index >= 15 is 0 Å². The van der Waals surface area contributed by atoms with Crippen LogP contribution in [0.25, 0.3) is 0 Å². The Balaban J connectivity index is 2.36. The van der Waals surface area contributed by atoms with Crippen molar-refractivity contribution in [2.24, 2.45) is 0 Å².